The number of carboxylic acids is 1. The summed E-state index contributed by atoms with van der Waals surface area (Å²) in [4.78, 5) is 37.3. The van der Waals surface area contributed by atoms with Gasteiger partial charge in [0, 0.05) is 55.3 Å². The number of aromatic nitrogens is 1. The Bertz CT molecular complexity index is 935. The second-order valence-corrected chi connectivity index (χ2v) is 7.42. The van der Waals surface area contributed by atoms with Crippen molar-refractivity contribution in [2.75, 3.05) is 13.1 Å². The molecular weight excluding hydrogens is 344 g/mol. The van der Waals surface area contributed by atoms with E-state index < -0.39 is 5.97 Å². The van der Waals surface area contributed by atoms with Crippen LogP contribution in [0.4, 0.5) is 0 Å². The van der Waals surface area contributed by atoms with Crippen LogP contribution in [0.3, 0.4) is 0 Å². The molecule has 1 amide bonds. The molecule has 1 fully saturated rings. The summed E-state index contributed by atoms with van der Waals surface area (Å²) in [6.45, 7) is 1.69. The Hall–Kier alpha value is -2.89. The summed E-state index contributed by atoms with van der Waals surface area (Å²) in [5, 5.41) is 10.7. The van der Waals surface area contributed by atoms with Gasteiger partial charge in [0.2, 0.25) is 5.91 Å². The molecule has 2 aliphatic heterocycles. The van der Waals surface area contributed by atoms with E-state index in [4.69, 9.17) is 0 Å². The molecule has 4 rings (SSSR count). The monoisotopic (exact) mass is 365 g/mol. The zero-order valence-corrected chi connectivity index (χ0v) is 15.0. The number of fused-ring (bicyclic) bond motifs is 4. The first-order valence-corrected chi connectivity index (χ1v) is 9.29. The van der Waals surface area contributed by atoms with E-state index in [2.05, 4.69) is 0 Å². The highest BCUT2D eigenvalue weighted by Crippen LogP contribution is 2.39. The van der Waals surface area contributed by atoms with E-state index >= 15 is 0 Å². The summed E-state index contributed by atoms with van der Waals surface area (Å²) in [5.74, 6) is -1.06. The minimum absolute atomic E-state index is 0.00360. The maximum Gasteiger partial charge on any atom is 0.250 e. The molecule has 140 valence electrons. The van der Waals surface area contributed by atoms with E-state index in [-0.39, 0.29) is 36.1 Å². The summed E-state index contributed by atoms with van der Waals surface area (Å²) in [6.07, 6.45) is 0.651. The van der Waals surface area contributed by atoms with Gasteiger partial charge in [-0.3, -0.25) is 9.59 Å². The quantitative estimate of drug-likeness (QED) is 0.809. The zero-order chi connectivity index (χ0) is 19.0. The van der Waals surface area contributed by atoms with Gasteiger partial charge in [-0.15, -0.1) is 0 Å². The maximum atomic E-state index is 12.5. The van der Waals surface area contributed by atoms with Crippen LogP contribution in [0.15, 0.2) is 47.3 Å². The number of amides is 1. The van der Waals surface area contributed by atoms with Crippen molar-refractivity contribution in [3.05, 3.63) is 58.5 Å². The summed E-state index contributed by atoms with van der Waals surface area (Å²) in [6, 6.07) is 13.5. The Morgan fingerprint density at radius 2 is 1.78 bits per heavy atom. The number of benzene rings is 1. The molecule has 27 heavy (non-hydrogen) atoms. The lowest BCUT2D eigenvalue weighted by molar-refractivity contribution is -0.305. The third-order valence-corrected chi connectivity index (χ3v) is 5.57. The Morgan fingerprint density at radius 1 is 1.00 bits per heavy atom. The van der Waals surface area contributed by atoms with Crippen molar-refractivity contribution in [1.29, 1.82) is 0 Å². The zero-order valence-electron chi connectivity index (χ0n) is 15.0. The molecular formula is C21H21N2O4-. The van der Waals surface area contributed by atoms with E-state index in [1.165, 1.54) is 0 Å². The topological polar surface area (TPSA) is 82.4 Å². The van der Waals surface area contributed by atoms with Crippen LogP contribution in [-0.2, 0) is 16.1 Å². The molecule has 2 aromatic rings. The molecule has 0 aliphatic carbocycles. The number of hydrogen-bond donors (Lipinski definition) is 0. The van der Waals surface area contributed by atoms with Crippen molar-refractivity contribution in [1.82, 2.24) is 9.47 Å². The second-order valence-electron chi connectivity index (χ2n) is 7.42. The van der Waals surface area contributed by atoms with E-state index in [1.54, 1.807) is 11.0 Å². The second kappa shape index (κ2) is 7.02. The number of piperidine rings is 1. The lowest BCUT2D eigenvalue weighted by Crippen LogP contribution is -2.49. The number of rotatable bonds is 4. The molecule has 1 aromatic carbocycles. The number of pyridine rings is 1. The predicted octanol–water partition coefficient (Wildman–Crippen LogP) is 0.991. The lowest BCUT2D eigenvalue weighted by Gasteiger charge is -2.43. The standard InChI is InChI=1S/C21H22N2O4/c24-18(8-9-20(26)27)22-11-14-10-16(13-22)21-17(15-4-2-1-3-5-15)6-7-19(25)23(21)12-14/h1-7,14,16H,8-13H2,(H,26,27)/p-1/t14-,16+/m0/s1. The minimum atomic E-state index is -1.20. The molecule has 2 bridgehead atoms. The van der Waals surface area contributed by atoms with Gasteiger partial charge in [0.1, 0.15) is 0 Å². The van der Waals surface area contributed by atoms with E-state index in [9.17, 15) is 19.5 Å². The van der Waals surface area contributed by atoms with Crippen molar-refractivity contribution in [3.8, 4) is 11.1 Å². The summed E-state index contributed by atoms with van der Waals surface area (Å²) < 4.78 is 1.87. The van der Waals surface area contributed by atoms with Gasteiger partial charge < -0.3 is 19.4 Å². The SMILES string of the molecule is O=C([O-])CCC(=O)N1C[C@@H]2C[C@H](C1)c1c(-c3ccccc3)ccc(=O)n1C2. The first-order chi connectivity index (χ1) is 13.0. The first-order valence-electron chi connectivity index (χ1n) is 9.29. The minimum Gasteiger partial charge on any atom is -0.550 e. The van der Waals surface area contributed by atoms with Gasteiger partial charge in [-0.2, -0.15) is 0 Å². The Kier molecular flexibility index (Phi) is 4.56. The largest absolute Gasteiger partial charge is 0.550 e. The van der Waals surface area contributed by atoms with Gasteiger partial charge in [-0.05, 0) is 30.4 Å². The van der Waals surface area contributed by atoms with E-state index in [0.717, 1.165) is 23.2 Å². The van der Waals surface area contributed by atoms with Crippen LogP contribution in [-0.4, -0.2) is 34.4 Å². The van der Waals surface area contributed by atoms with Crippen molar-refractivity contribution in [2.24, 2.45) is 5.92 Å². The van der Waals surface area contributed by atoms with Gasteiger partial charge in [-0.1, -0.05) is 30.3 Å². The van der Waals surface area contributed by atoms with Crippen LogP contribution in [0.1, 0.15) is 30.9 Å². The van der Waals surface area contributed by atoms with E-state index in [0.29, 0.717) is 19.6 Å². The maximum absolute atomic E-state index is 12.5. The average Bonchev–Trinajstić information content (AvgIpc) is 2.67. The summed E-state index contributed by atoms with van der Waals surface area (Å²) in [7, 11) is 0. The molecule has 0 saturated carbocycles. The molecule has 6 heteroatoms. The summed E-state index contributed by atoms with van der Waals surface area (Å²) in [5.41, 5.74) is 3.07. The normalized spacial score (nSPS) is 20.8. The third-order valence-electron chi connectivity index (χ3n) is 5.57. The van der Waals surface area contributed by atoms with Gasteiger partial charge >= 0.3 is 0 Å². The smallest absolute Gasteiger partial charge is 0.250 e. The molecule has 6 nitrogen and oxygen atoms in total. The summed E-state index contributed by atoms with van der Waals surface area (Å²) >= 11 is 0. The fraction of sp³-hybridized carbons (Fsp3) is 0.381. The van der Waals surface area contributed by atoms with Crippen LogP contribution >= 0.6 is 0 Å². The van der Waals surface area contributed by atoms with Gasteiger partial charge in [0.05, 0.1) is 0 Å². The Morgan fingerprint density at radius 3 is 2.52 bits per heavy atom. The Labute approximate surface area is 157 Å². The van der Waals surface area contributed by atoms with Crippen molar-refractivity contribution >= 4 is 11.9 Å². The highest BCUT2D eigenvalue weighted by atomic mass is 16.4. The molecule has 0 radical (unpaired) electrons. The molecule has 0 N–H and O–H groups in total. The van der Waals surface area contributed by atoms with Gasteiger partial charge in [0.25, 0.3) is 5.56 Å². The number of carbonyl (C=O) groups excluding carboxylic acids is 2. The molecule has 1 aromatic heterocycles. The molecule has 2 aliphatic rings. The van der Waals surface area contributed by atoms with Crippen molar-refractivity contribution in [2.45, 2.75) is 31.7 Å². The molecule has 3 heterocycles. The number of hydrogen-bond acceptors (Lipinski definition) is 4. The van der Waals surface area contributed by atoms with E-state index in [1.807, 2.05) is 41.0 Å². The molecule has 0 unspecified atom stereocenters. The van der Waals surface area contributed by atoms with Crippen LogP contribution in [0.5, 0.6) is 0 Å². The molecule has 2 atom stereocenters. The average molecular weight is 365 g/mol. The van der Waals surface area contributed by atoms with Crippen molar-refractivity contribution < 1.29 is 14.7 Å². The van der Waals surface area contributed by atoms with Crippen LogP contribution in [0.25, 0.3) is 11.1 Å². The number of likely N-dealkylation sites (tertiary alicyclic amines) is 1. The number of nitrogens with zero attached hydrogens (tertiary/aromatic N) is 2. The third kappa shape index (κ3) is 3.39. The lowest BCUT2D eigenvalue weighted by atomic mass is 9.80. The number of carboxylic acid groups (broad SMARTS) is 1. The molecule has 0 spiro atoms. The number of aliphatic carboxylic acids is 1. The first kappa shape index (κ1) is 17.5. The molecule has 1 saturated heterocycles. The van der Waals surface area contributed by atoms with Crippen molar-refractivity contribution in [3.63, 3.8) is 0 Å². The predicted molar refractivity (Wildman–Crippen MR) is 97.8 cm³/mol. The van der Waals surface area contributed by atoms with Crippen LogP contribution in [0.2, 0.25) is 0 Å². The number of carbonyl (C=O) groups is 2. The van der Waals surface area contributed by atoms with Gasteiger partial charge in [0.15, 0.2) is 0 Å². The fourth-order valence-corrected chi connectivity index (χ4v) is 4.45. The van der Waals surface area contributed by atoms with Crippen LogP contribution < -0.4 is 10.7 Å². The van der Waals surface area contributed by atoms with Gasteiger partial charge in [-0.25, -0.2) is 0 Å². The highest BCUT2D eigenvalue weighted by Gasteiger charge is 2.37. The van der Waals surface area contributed by atoms with Crippen LogP contribution in [0, 0.1) is 5.92 Å². The fourth-order valence-electron chi connectivity index (χ4n) is 4.45. The Balaban J connectivity index is 1.68. The highest BCUT2D eigenvalue weighted by molar-refractivity contribution is 5.80.